The summed E-state index contributed by atoms with van der Waals surface area (Å²) in [4.78, 5) is 29.3. The second kappa shape index (κ2) is 13.8. The molecular weight excluding hydrogens is 546 g/mol. The van der Waals surface area contributed by atoms with Crippen LogP contribution >= 0.6 is 11.6 Å². The highest BCUT2D eigenvalue weighted by Gasteiger charge is 2.33. The number of anilines is 1. The summed E-state index contributed by atoms with van der Waals surface area (Å²) in [7, 11) is -3.83. The summed E-state index contributed by atoms with van der Waals surface area (Å²) in [5.41, 5.74) is 3.71. The normalized spacial score (nSPS) is 12.8. The molecule has 3 aromatic rings. The Labute approximate surface area is 243 Å². The predicted octanol–water partition coefficient (Wildman–Crippen LogP) is 5.28. The first kappa shape index (κ1) is 31.2. The SMILES string of the molecule is CC[C@H](C)NC(=O)[C@H](Cc1ccccc1)N(Cc1cccc(Cl)c1)C(=O)CN(c1cccc(C)c1C)S(C)(=O)=O. The molecule has 214 valence electrons. The van der Waals surface area contributed by atoms with Crippen molar-refractivity contribution < 1.29 is 18.0 Å². The summed E-state index contributed by atoms with van der Waals surface area (Å²) in [6, 6.07) is 20.9. The van der Waals surface area contributed by atoms with Gasteiger partial charge in [-0.3, -0.25) is 13.9 Å². The molecule has 1 N–H and O–H groups in total. The second-order valence-corrected chi connectivity index (χ2v) is 12.5. The van der Waals surface area contributed by atoms with Crippen molar-refractivity contribution in [1.82, 2.24) is 10.2 Å². The highest BCUT2D eigenvalue weighted by Crippen LogP contribution is 2.26. The fraction of sp³-hybridized carbons (Fsp3) is 0.355. The van der Waals surface area contributed by atoms with Crippen molar-refractivity contribution in [2.75, 3.05) is 17.1 Å². The maximum Gasteiger partial charge on any atom is 0.244 e. The molecule has 3 rings (SSSR count). The number of sulfonamides is 1. The molecule has 0 aromatic heterocycles. The van der Waals surface area contributed by atoms with Crippen LogP contribution in [0, 0.1) is 13.8 Å². The Balaban J connectivity index is 2.09. The Bertz CT molecular complexity index is 1430. The van der Waals surface area contributed by atoms with Crippen molar-refractivity contribution in [3.8, 4) is 0 Å². The molecule has 0 aliphatic rings. The van der Waals surface area contributed by atoms with Gasteiger partial charge in [0.1, 0.15) is 12.6 Å². The van der Waals surface area contributed by atoms with Crippen LogP contribution in [0.25, 0.3) is 0 Å². The molecule has 0 fully saturated rings. The number of halogens is 1. The van der Waals surface area contributed by atoms with Gasteiger partial charge in [-0.25, -0.2) is 8.42 Å². The molecule has 0 aliphatic heterocycles. The summed E-state index contributed by atoms with van der Waals surface area (Å²) in [6.45, 7) is 7.23. The third kappa shape index (κ3) is 8.32. The Hall–Kier alpha value is -3.36. The van der Waals surface area contributed by atoms with Crippen LogP contribution in [0.4, 0.5) is 5.69 Å². The molecule has 0 saturated heterocycles. The fourth-order valence-corrected chi connectivity index (χ4v) is 5.54. The van der Waals surface area contributed by atoms with E-state index in [9.17, 15) is 18.0 Å². The van der Waals surface area contributed by atoms with Crippen molar-refractivity contribution in [2.45, 2.75) is 59.2 Å². The van der Waals surface area contributed by atoms with Gasteiger partial charge in [0.2, 0.25) is 21.8 Å². The van der Waals surface area contributed by atoms with Crippen molar-refractivity contribution in [2.24, 2.45) is 0 Å². The number of rotatable bonds is 12. The number of carbonyl (C=O) groups excluding carboxylic acids is 2. The van der Waals surface area contributed by atoms with Crippen LogP contribution in [0.1, 0.15) is 42.5 Å². The van der Waals surface area contributed by atoms with E-state index in [4.69, 9.17) is 11.6 Å². The smallest absolute Gasteiger partial charge is 0.244 e. The Morgan fingerprint density at radius 2 is 1.60 bits per heavy atom. The largest absolute Gasteiger partial charge is 0.352 e. The summed E-state index contributed by atoms with van der Waals surface area (Å²) >= 11 is 6.25. The van der Waals surface area contributed by atoms with Gasteiger partial charge in [-0.1, -0.05) is 73.1 Å². The molecule has 3 aromatic carbocycles. The molecule has 0 heterocycles. The standard InChI is InChI=1S/C31H38ClN3O4S/c1-6-23(3)33-31(37)29(19-25-13-8-7-9-14-25)34(20-26-15-11-16-27(32)18-26)30(36)21-35(40(5,38)39)28-17-10-12-22(2)24(28)4/h7-18,23,29H,6,19-21H2,1-5H3,(H,33,37)/t23-,29-/m0/s1. The molecular formula is C31H38ClN3O4S. The molecule has 0 aliphatic carbocycles. The Morgan fingerprint density at radius 3 is 2.23 bits per heavy atom. The molecule has 40 heavy (non-hydrogen) atoms. The van der Waals surface area contributed by atoms with E-state index < -0.39 is 28.5 Å². The zero-order chi connectivity index (χ0) is 29.4. The monoisotopic (exact) mass is 583 g/mol. The lowest BCUT2D eigenvalue weighted by Crippen LogP contribution is -2.54. The summed E-state index contributed by atoms with van der Waals surface area (Å²) < 4.78 is 27.1. The van der Waals surface area contributed by atoms with Gasteiger partial charge in [-0.2, -0.15) is 0 Å². The first-order valence-corrected chi connectivity index (χ1v) is 15.6. The molecule has 0 unspecified atom stereocenters. The molecule has 2 amide bonds. The van der Waals surface area contributed by atoms with Gasteiger partial charge in [0, 0.05) is 24.0 Å². The van der Waals surface area contributed by atoms with Crippen LogP contribution in [-0.2, 0) is 32.6 Å². The van der Waals surface area contributed by atoms with E-state index in [2.05, 4.69) is 5.32 Å². The number of amides is 2. The van der Waals surface area contributed by atoms with Gasteiger partial charge in [0.25, 0.3) is 0 Å². The van der Waals surface area contributed by atoms with Gasteiger partial charge in [-0.05, 0) is 67.6 Å². The van der Waals surface area contributed by atoms with Crippen LogP contribution in [-0.4, -0.2) is 50.0 Å². The third-order valence-electron chi connectivity index (χ3n) is 7.04. The second-order valence-electron chi connectivity index (χ2n) is 10.2. The van der Waals surface area contributed by atoms with Gasteiger partial charge in [-0.15, -0.1) is 0 Å². The molecule has 7 nitrogen and oxygen atoms in total. The van der Waals surface area contributed by atoms with Gasteiger partial charge in [0.15, 0.2) is 0 Å². The lowest BCUT2D eigenvalue weighted by Gasteiger charge is -2.34. The number of hydrogen-bond donors (Lipinski definition) is 1. The molecule has 0 bridgehead atoms. The van der Waals surface area contributed by atoms with E-state index in [1.807, 2.05) is 70.2 Å². The number of hydrogen-bond acceptors (Lipinski definition) is 4. The average Bonchev–Trinajstić information content (AvgIpc) is 2.90. The predicted molar refractivity (Wildman–Crippen MR) is 162 cm³/mol. The summed E-state index contributed by atoms with van der Waals surface area (Å²) in [6.07, 6.45) is 2.07. The Morgan fingerprint density at radius 1 is 0.950 bits per heavy atom. The van der Waals surface area contributed by atoms with Crippen molar-refractivity contribution >= 4 is 39.1 Å². The highest BCUT2D eigenvalue weighted by atomic mass is 35.5. The number of nitrogens with one attached hydrogen (secondary N) is 1. The summed E-state index contributed by atoms with van der Waals surface area (Å²) in [5.74, 6) is -0.794. The number of aryl methyl sites for hydroxylation is 1. The minimum absolute atomic E-state index is 0.0786. The van der Waals surface area contributed by atoms with E-state index >= 15 is 0 Å². The lowest BCUT2D eigenvalue weighted by molar-refractivity contribution is -0.140. The van der Waals surface area contributed by atoms with E-state index in [1.165, 1.54) is 4.90 Å². The van der Waals surface area contributed by atoms with Crippen LogP contribution in [0.2, 0.25) is 5.02 Å². The van der Waals surface area contributed by atoms with E-state index in [0.29, 0.717) is 10.7 Å². The zero-order valence-corrected chi connectivity index (χ0v) is 25.3. The maximum atomic E-state index is 14.2. The fourth-order valence-electron chi connectivity index (χ4n) is 4.43. The zero-order valence-electron chi connectivity index (χ0n) is 23.7. The minimum Gasteiger partial charge on any atom is -0.352 e. The average molecular weight is 584 g/mol. The quantitative estimate of drug-likeness (QED) is 0.314. The maximum absolute atomic E-state index is 14.2. The van der Waals surface area contributed by atoms with Crippen molar-refractivity contribution in [1.29, 1.82) is 0 Å². The van der Waals surface area contributed by atoms with Crippen LogP contribution in [0.5, 0.6) is 0 Å². The molecule has 9 heteroatoms. The Kier molecular flexibility index (Phi) is 10.8. The molecule has 0 spiro atoms. The number of benzene rings is 3. The number of nitrogens with zero attached hydrogens (tertiary/aromatic N) is 2. The summed E-state index contributed by atoms with van der Waals surface area (Å²) in [5, 5.41) is 3.53. The van der Waals surface area contributed by atoms with Crippen molar-refractivity contribution in [3.05, 3.63) is 100 Å². The first-order chi connectivity index (χ1) is 18.9. The highest BCUT2D eigenvalue weighted by molar-refractivity contribution is 7.92. The topological polar surface area (TPSA) is 86.8 Å². The van der Waals surface area contributed by atoms with E-state index in [1.54, 1.807) is 30.3 Å². The molecule has 0 saturated carbocycles. The van der Waals surface area contributed by atoms with E-state index in [0.717, 1.165) is 39.2 Å². The third-order valence-corrected chi connectivity index (χ3v) is 8.40. The number of carbonyl (C=O) groups is 2. The van der Waals surface area contributed by atoms with Crippen LogP contribution in [0.3, 0.4) is 0 Å². The van der Waals surface area contributed by atoms with Crippen LogP contribution in [0.15, 0.2) is 72.8 Å². The van der Waals surface area contributed by atoms with Gasteiger partial charge in [0.05, 0.1) is 11.9 Å². The minimum atomic E-state index is -3.83. The van der Waals surface area contributed by atoms with Gasteiger partial charge < -0.3 is 10.2 Å². The first-order valence-electron chi connectivity index (χ1n) is 13.3. The van der Waals surface area contributed by atoms with Crippen molar-refractivity contribution in [3.63, 3.8) is 0 Å². The molecule has 0 radical (unpaired) electrons. The molecule has 2 atom stereocenters. The van der Waals surface area contributed by atoms with Gasteiger partial charge >= 0.3 is 0 Å². The lowest BCUT2D eigenvalue weighted by atomic mass is 10.0. The van der Waals surface area contributed by atoms with Crippen LogP contribution < -0.4 is 9.62 Å². The van der Waals surface area contributed by atoms with E-state index in [-0.39, 0.29) is 24.9 Å².